The molecular weight excluding hydrogens is 502 g/mol. The molecule has 0 aliphatic carbocycles. The van der Waals surface area contributed by atoms with E-state index in [0.717, 1.165) is 22.6 Å². The van der Waals surface area contributed by atoms with E-state index in [-0.39, 0.29) is 11.6 Å². The zero-order valence-electron chi connectivity index (χ0n) is 20.9. The van der Waals surface area contributed by atoms with Gasteiger partial charge in [0.25, 0.3) is 11.6 Å². The molecule has 0 N–H and O–H groups in total. The fourth-order valence-corrected chi connectivity index (χ4v) is 4.76. The highest BCUT2D eigenvalue weighted by Crippen LogP contribution is 2.29. The molecule has 0 spiro atoms. The average Bonchev–Trinajstić information content (AvgIpc) is 2.95. The van der Waals surface area contributed by atoms with Crippen LogP contribution in [0.25, 0.3) is 11.4 Å². The Kier molecular flexibility index (Phi) is 7.33. The number of nitrogens with zero attached hydrogens (tertiary/aromatic N) is 5. The van der Waals surface area contributed by atoms with E-state index in [1.54, 1.807) is 17.0 Å². The number of anilines is 1. The van der Waals surface area contributed by atoms with E-state index in [1.807, 2.05) is 49.4 Å². The molecule has 4 aromatic rings. The topological polar surface area (TPSA) is 92.5 Å². The smallest absolute Gasteiger partial charge is 0.270 e. The predicted octanol–water partition coefficient (Wildman–Crippen LogP) is 5.57. The molecule has 1 aliphatic rings. The lowest BCUT2D eigenvalue weighted by atomic mass is 10.0. The van der Waals surface area contributed by atoms with E-state index in [0.29, 0.717) is 49.0 Å². The Bertz CT molecular complexity index is 1470. The summed E-state index contributed by atoms with van der Waals surface area (Å²) in [4.78, 5) is 37.5. The summed E-state index contributed by atoms with van der Waals surface area (Å²) >= 11 is 6.09. The lowest BCUT2D eigenvalue weighted by Crippen LogP contribution is -2.49. The van der Waals surface area contributed by atoms with Crippen LogP contribution < -0.4 is 4.90 Å². The molecule has 0 atom stereocenters. The summed E-state index contributed by atoms with van der Waals surface area (Å²) in [5.41, 5.74) is 4.22. The number of non-ortho nitro benzene ring substituents is 1. The fourth-order valence-electron chi connectivity index (χ4n) is 4.63. The average molecular weight is 528 g/mol. The van der Waals surface area contributed by atoms with Crippen molar-refractivity contribution in [3.05, 3.63) is 116 Å². The number of hydrogen-bond donors (Lipinski definition) is 0. The van der Waals surface area contributed by atoms with Gasteiger partial charge in [0.1, 0.15) is 5.82 Å². The third-order valence-electron chi connectivity index (χ3n) is 6.69. The maximum Gasteiger partial charge on any atom is 0.270 e. The molecule has 0 radical (unpaired) electrons. The number of rotatable bonds is 6. The number of aryl methyl sites for hydroxylation is 1. The maximum absolute atomic E-state index is 13.1. The van der Waals surface area contributed by atoms with E-state index in [4.69, 9.17) is 21.6 Å². The second-order valence-electron chi connectivity index (χ2n) is 9.19. The number of amides is 1. The molecule has 0 unspecified atom stereocenters. The van der Waals surface area contributed by atoms with Crippen LogP contribution in [0.5, 0.6) is 0 Å². The minimum atomic E-state index is -0.487. The highest BCUT2D eigenvalue weighted by molar-refractivity contribution is 6.30. The summed E-state index contributed by atoms with van der Waals surface area (Å²) in [6.07, 6.45) is 0.690. The molecule has 1 fully saturated rings. The van der Waals surface area contributed by atoms with Gasteiger partial charge in [0.2, 0.25) is 0 Å². The molecule has 8 nitrogen and oxygen atoms in total. The van der Waals surface area contributed by atoms with Crippen LogP contribution in [0, 0.1) is 17.0 Å². The highest BCUT2D eigenvalue weighted by Gasteiger charge is 2.26. The number of carbonyl (C=O) groups is 1. The molecule has 38 heavy (non-hydrogen) atoms. The lowest BCUT2D eigenvalue weighted by Gasteiger charge is -2.36. The number of hydrogen-bond acceptors (Lipinski definition) is 6. The molecule has 2 heterocycles. The summed E-state index contributed by atoms with van der Waals surface area (Å²) in [7, 11) is 0. The van der Waals surface area contributed by atoms with Crippen molar-refractivity contribution >= 4 is 29.0 Å². The van der Waals surface area contributed by atoms with Gasteiger partial charge in [0.15, 0.2) is 5.82 Å². The molecule has 3 aromatic carbocycles. The third-order valence-corrected chi connectivity index (χ3v) is 6.94. The highest BCUT2D eigenvalue weighted by atomic mass is 35.5. The van der Waals surface area contributed by atoms with Gasteiger partial charge in [-0.2, -0.15) is 0 Å². The molecule has 5 rings (SSSR count). The van der Waals surface area contributed by atoms with E-state index in [1.165, 1.54) is 17.7 Å². The second-order valence-corrected chi connectivity index (χ2v) is 9.63. The molecular formula is C29H26ClN5O3. The zero-order valence-corrected chi connectivity index (χ0v) is 21.6. The Morgan fingerprint density at radius 1 is 0.947 bits per heavy atom. The van der Waals surface area contributed by atoms with Gasteiger partial charge in [-0.15, -0.1) is 0 Å². The summed E-state index contributed by atoms with van der Waals surface area (Å²) in [5.74, 6) is 1.27. The molecule has 0 saturated carbocycles. The molecule has 1 saturated heterocycles. The Morgan fingerprint density at radius 3 is 2.34 bits per heavy atom. The van der Waals surface area contributed by atoms with Crippen molar-refractivity contribution in [2.24, 2.45) is 0 Å². The van der Waals surface area contributed by atoms with E-state index < -0.39 is 4.92 Å². The Labute approximate surface area is 225 Å². The first-order valence-electron chi connectivity index (χ1n) is 12.3. The monoisotopic (exact) mass is 527 g/mol. The van der Waals surface area contributed by atoms with Gasteiger partial charge in [0.05, 0.1) is 4.92 Å². The standard InChI is InChI=1S/C29H26ClN5O3/c1-20-26(18-21-6-3-2-4-7-21)28(32-27(31-20)22-10-12-24(30)13-11-22)33-14-16-34(17-15-33)29(36)23-8-5-9-25(19-23)35(37)38/h2-13,19H,14-18H2,1H3. The second kappa shape index (κ2) is 11.0. The van der Waals surface area contributed by atoms with Crippen LogP contribution in [-0.2, 0) is 6.42 Å². The molecule has 0 bridgehead atoms. The summed E-state index contributed by atoms with van der Waals surface area (Å²) in [6, 6.07) is 23.6. The quantitative estimate of drug-likeness (QED) is 0.240. The van der Waals surface area contributed by atoms with Crippen molar-refractivity contribution in [3.63, 3.8) is 0 Å². The summed E-state index contributed by atoms with van der Waals surface area (Å²) in [5, 5.41) is 11.8. The van der Waals surface area contributed by atoms with Gasteiger partial charge in [-0.1, -0.05) is 48.0 Å². The van der Waals surface area contributed by atoms with Crippen LogP contribution >= 0.6 is 11.6 Å². The summed E-state index contributed by atoms with van der Waals surface area (Å²) in [6.45, 7) is 4.13. The number of nitro benzene ring substituents is 1. The van der Waals surface area contributed by atoms with Crippen LogP contribution in [0.4, 0.5) is 11.5 Å². The van der Waals surface area contributed by atoms with Crippen molar-refractivity contribution < 1.29 is 9.72 Å². The first-order chi connectivity index (χ1) is 18.4. The molecule has 192 valence electrons. The number of benzene rings is 3. The first kappa shape index (κ1) is 25.4. The fraction of sp³-hybridized carbons (Fsp3) is 0.207. The van der Waals surface area contributed by atoms with Crippen molar-refractivity contribution in [2.75, 3.05) is 31.1 Å². The van der Waals surface area contributed by atoms with Crippen LogP contribution in [0.3, 0.4) is 0 Å². The minimum Gasteiger partial charge on any atom is -0.353 e. The number of halogens is 1. The lowest BCUT2D eigenvalue weighted by molar-refractivity contribution is -0.384. The first-order valence-corrected chi connectivity index (χ1v) is 12.7. The van der Waals surface area contributed by atoms with Gasteiger partial charge in [-0.25, -0.2) is 9.97 Å². The zero-order chi connectivity index (χ0) is 26.6. The molecule has 1 amide bonds. The maximum atomic E-state index is 13.1. The van der Waals surface area contributed by atoms with Gasteiger partial charge in [-0.05, 0) is 42.8 Å². The van der Waals surface area contributed by atoms with Crippen molar-refractivity contribution in [1.82, 2.24) is 14.9 Å². The number of aromatic nitrogens is 2. The van der Waals surface area contributed by atoms with Gasteiger partial charge < -0.3 is 9.80 Å². The number of nitro groups is 1. The van der Waals surface area contributed by atoms with Crippen LogP contribution in [0.2, 0.25) is 5.02 Å². The van der Waals surface area contributed by atoms with Gasteiger partial charge in [-0.3, -0.25) is 14.9 Å². The number of carbonyl (C=O) groups excluding carboxylic acids is 1. The van der Waals surface area contributed by atoms with E-state index >= 15 is 0 Å². The minimum absolute atomic E-state index is 0.0915. The van der Waals surface area contributed by atoms with Gasteiger partial charge >= 0.3 is 0 Å². The third kappa shape index (κ3) is 5.50. The van der Waals surface area contributed by atoms with Gasteiger partial charge in [0, 0.05) is 72.1 Å². The molecule has 9 heteroatoms. The van der Waals surface area contributed by atoms with E-state index in [9.17, 15) is 14.9 Å². The Balaban J connectivity index is 1.42. The Morgan fingerprint density at radius 2 is 1.66 bits per heavy atom. The van der Waals surface area contributed by atoms with Crippen LogP contribution in [-0.4, -0.2) is 51.9 Å². The van der Waals surface area contributed by atoms with Crippen molar-refractivity contribution in [2.45, 2.75) is 13.3 Å². The van der Waals surface area contributed by atoms with Crippen molar-refractivity contribution in [1.29, 1.82) is 0 Å². The molecule has 1 aromatic heterocycles. The number of piperazine rings is 1. The SMILES string of the molecule is Cc1nc(-c2ccc(Cl)cc2)nc(N2CCN(C(=O)c3cccc([N+](=O)[O-])c3)CC2)c1Cc1ccccc1. The summed E-state index contributed by atoms with van der Waals surface area (Å²) < 4.78 is 0. The van der Waals surface area contributed by atoms with Crippen LogP contribution in [0.15, 0.2) is 78.9 Å². The Hall–Kier alpha value is -4.30. The molecule has 1 aliphatic heterocycles. The van der Waals surface area contributed by atoms with E-state index in [2.05, 4.69) is 17.0 Å². The normalized spacial score (nSPS) is 13.4. The van der Waals surface area contributed by atoms with Crippen LogP contribution in [0.1, 0.15) is 27.2 Å². The largest absolute Gasteiger partial charge is 0.353 e. The van der Waals surface area contributed by atoms with Crippen molar-refractivity contribution in [3.8, 4) is 11.4 Å². The predicted molar refractivity (Wildman–Crippen MR) is 148 cm³/mol.